The second kappa shape index (κ2) is 8.38. The summed E-state index contributed by atoms with van der Waals surface area (Å²) in [5.41, 5.74) is 0.253. The van der Waals surface area contributed by atoms with E-state index in [1.807, 2.05) is 6.07 Å². The molecule has 2 heterocycles. The van der Waals surface area contributed by atoms with Crippen molar-refractivity contribution in [1.29, 1.82) is 0 Å². The van der Waals surface area contributed by atoms with Gasteiger partial charge in [-0.2, -0.15) is 23.4 Å². The Morgan fingerprint density at radius 2 is 1.73 bits per heavy atom. The fraction of sp³-hybridized carbons (Fsp3) is 0.130. The van der Waals surface area contributed by atoms with Gasteiger partial charge in [0.1, 0.15) is 5.69 Å². The topological polar surface area (TPSA) is 81.8 Å². The molecule has 1 amide bonds. The molecular weight excluding hydrogens is 435 g/mol. The Balaban J connectivity index is 1.73. The van der Waals surface area contributed by atoms with Gasteiger partial charge < -0.3 is 5.32 Å². The predicted octanol–water partition coefficient (Wildman–Crippen LogP) is 4.88. The number of benzene rings is 2. The predicted molar refractivity (Wildman–Crippen MR) is 116 cm³/mol. The van der Waals surface area contributed by atoms with E-state index in [9.17, 15) is 22.8 Å². The summed E-state index contributed by atoms with van der Waals surface area (Å²) in [7, 11) is 1.59. The van der Waals surface area contributed by atoms with E-state index in [-0.39, 0.29) is 28.4 Å². The van der Waals surface area contributed by atoms with Crippen LogP contribution in [-0.2, 0) is 13.2 Å². The lowest BCUT2D eigenvalue weighted by atomic mass is 10.0. The Morgan fingerprint density at radius 3 is 2.33 bits per heavy atom. The molecule has 0 aliphatic heterocycles. The van der Waals surface area contributed by atoms with Crippen molar-refractivity contribution >= 4 is 17.5 Å². The van der Waals surface area contributed by atoms with Crippen LogP contribution in [0.5, 0.6) is 0 Å². The zero-order valence-corrected chi connectivity index (χ0v) is 17.6. The first-order valence-corrected chi connectivity index (χ1v) is 9.82. The van der Waals surface area contributed by atoms with E-state index >= 15 is 0 Å². The third kappa shape index (κ3) is 4.54. The van der Waals surface area contributed by atoms with Crippen LogP contribution in [0.15, 0.2) is 67.0 Å². The summed E-state index contributed by atoms with van der Waals surface area (Å²) in [5, 5.41) is 10.9. The molecule has 2 aromatic carbocycles. The normalized spacial score (nSPS) is 11.4. The summed E-state index contributed by atoms with van der Waals surface area (Å²) in [6.07, 6.45) is -1.73. The van der Waals surface area contributed by atoms with E-state index in [2.05, 4.69) is 15.5 Å². The number of rotatable bonds is 4. The number of carbonyl (C=O) groups is 2. The zero-order chi connectivity index (χ0) is 23.8. The Hall–Kier alpha value is -4.21. The highest BCUT2D eigenvalue weighted by Crippen LogP contribution is 2.37. The van der Waals surface area contributed by atoms with Gasteiger partial charge in [-0.25, -0.2) is 4.68 Å². The first-order valence-electron chi connectivity index (χ1n) is 9.82. The second-order valence-electron chi connectivity index (χ2n) is 7.31. The van der Waals surface area contributed by atoms with Crippen LogP contribution >= 0.6 is 0 Å². The van der Waals surface area contributed by atoms with E-state index in [1.54, 1.807) is 31.3 Å². The van der Waals surface area contributed by atoms with Gasteiger partial charge in [-0.1, -0.05) is 30.3 Å². The van der Waals surface area contributed by atoms with Crippen LogP contribution < -0.4 is 5.32 Å². The van der Waals surface area contributed by atoms with Crippen LogP contribution in [0.1, 0.15) is 27.6 Å². The van der Waals surface area contributed by atoms with E-state index in [4.69, 9.17) is 0 Å². The molecule has 168 valence electrons. The maximum absolute atomic E-state index is 13.6. The highest BCUT2D eigenvalue weighted by atomic mass is 19.4. The SMILES string of the molecule is CC(=O)n1cc(NC(=O)c2ccc(C(F)(F)F)c(-c3ccn(C)n3)c2)c(-c2ccccc2)n1. The number of nitrogens with zero attached hydrogens (tertiary/aromatic N) is 4. The minimum absolute atomic E-state index is 0.00163. The lowest BCUT2D eigenvalue weighted by Gasteiger charge is -2.13. The van der Waals surface area contributed by atoms with Gasteiger partial charge in [0.2, 0.25) is 5.91 Å². The number of hydrogen-bond acceptors (Lipinski definition) is 4. The van der Waals surface area contributed by atoms with Crippen molar-refractivity contribution in [3.05, 3.63) is 78.1 Å². The molecule has 33 heavy (non-hydrogen) atoms. The average molecular weight is 453 g/mol. The number of halogens is 3. The van der Waals surface area contributed by atoms with Gasteiger partial charge in [0.15, 0.2) is 0 Å². The molecule has 2 aromatic heterocycles. The van der Waals surface area contributed by atoms with Gasteiger partial charge in [-0.05, 0) is 24.3 Å². The number of nitrogens with one attached hydrogen (secondary N) is 1. The molecule has 0 saturated carbocycles. The number of aromatic nitrogens is 4. The van der Waals surface area contributed by atoms with Crippen LogP contribution in [0.25, 0.3) is 22.5 Å². The van der Waals surface area contributed by atoms with Crippen molar-refractivity contribution in [1.82, 2.24) is 19.6 Å². The molecule has 0 spiro atoms. The fourth-order valence-electron chi connectivity index (χ4n) is 3.33. The summed E-state index contributed by atoms with van der Waals surface area (Å²) in [6.45, 7) is 1.32. The number of aryl methyl sites for hydroxylation is 1. The molecule has 0 atom stereocenters. The Morgan fingerprint density at radius 1 is 1.00 bits per heavy atom. The van der Waals surface area contributed by atoms with Gasteiger partial charge in [0.05, 0.1) is 23.1 Å². The summed E-state index contributed by atoms with van der Waals surface area (Å²) < 4.78 is 43.2. The molecule has 7 nitrogen and oxygen atoms in total. The van der Waals surface area contributed by atoms with Crippen molar-refractivity contribution in [2.24, 2.45) is 7.05 Å². The van der Waals surface area contributed by atoms with Crippen molar-refractivity contribution in [3.8, 4) is 22.5 Å². The molecule has 0 aliphatic rings. The minimum Gasteiger partial charge on any atom is -0.319 e. The van der Waals surface area contributed by atoms with Gasteiger partial charge in [-0.3, -0.25) is 14.3 Å². The molecule has 0 radical (unpaired) electrons. The van der Waals surface area contributed by atoms with E-state index in [1.165, 1.54) is 30.1 Å². The summed E-state index contributed by atoms with van der Waals surface area (Å²) >= 11 is 0. The number of amides is 1. The quantitative estimate of drug-likeness (QED) is 0.478. The molecular formula is C23H18F3N5O2. The molecule has 0 bridgehead atoms. The molecule has 0 unspecified atom stereocenters. The maximum atomic E-state index is 13.6. The fourth-order valence-corrected chi connectivity index (χ4v) is 3.33. The van der Waals surface area contributed by atoms with E-state index in [0.29, 0.717) is 11.3 Å². The van der Waals surface area contributed by atoms with Crippen molar-refractivity contribution < 1.29 is 22.8 Å². The van der Waals surface area contributed by atoms with E-state index in [0.717, 1.165) is 22.9 Å². The van der Waals surface area contributed by atoms with Gasteiger partial charge >= 0.3 is 6.18 Å². The highest BCUT2D eigenvalue weighted by molar-refractivity contribution is 6.06. The lowest BCUT2D eigenvalue weighted by molar-refractivity contribution is -0.137. The number of anilines is 1. The van der Waals surface area contributed by atoms with Crippen LogP contribution in [-0.4, -0.2) is 31.4 Å². The third-order valence-corrected chi connectivity index (χ3v) is 4.91. The van der Waals surface area contributed by atoms with Gasteiger partial charge in [0.25, 0.3) is 5.91 Å². The van der Waals surface area contributed by atoms with Crippen LogP contribution in [0.4, 0.5) is 18.9 Å². The first kappa shape index (κ1) is 22.0. The monoisotopic (exact) mass is 453 g/mol. The third-order valence-electron chi connectivity index (χ3n) is 4.91. The summed E-state index contributed by atoms with van der Waals surface area (Å²) in [4.78, 5) is 24.8. The molecule has 0 fully saturated rings. The van der Waals surface area contributed by atoms with Gasteiger partial charge in [0, 0.05) is 36.9 Å². The number of hydrogen-bond donors (Lipinski definition) is 1. The van der Waals surface area contributed by atoms with Crippen LogP contribution in [0.3, 0.4) is 0 Å². The Labute approximate surface area is 186 Å². The maximum Gasteiger partial charge on any atom is 0.417 e. The molecule has 4 aromatic rings. The minimum atomic E-state index is -4.62. The van der Waals surface area contributed by atoms with E-state index < -0.39 is 17.6 Å². The Bertz CT molecular complexity index is 1340. The van der Waals surface area contributed by atoms with Crippen molar-refractivity contribution in [2.75, 3.05) is 5.32 Å². The van der Waals surface area contributed by atoms with Gasteiger partial charge in [-0.15, -0.1) is 0 Å². The van der Waals surface area contributed by atoms with Crippen LogP contribution in [0.2, 0.25) is 0 Å². The van der Waals surface area contributed by atoms with Crippen molar-refractivity contribution in [3.63, 3.8) is 0 Å². The lowest BCUT2D eigenvalue weighted by Crippen LogP contribution is -2.14. The molecule has 10 heteroatoms. The smallest absolute Gasteiger partial charge is 0.319 e. The Kier molecular flexibility index (Phi) is 5.59. The second-order valence-corrected chi connectivity index (χ2v) is 7.31. The molecule has 0 saturated heterocycles. The van der Waals surface area contributed by atoms with Crippen molar-refractivity contribution in [2.45, 2.75) is 13.1 Å². The van der Waals surface area contributed by atoms with Crippen LogP contribution in [0, 0.1) is 0 Å². The molecule has 0 aliphatic carbocycles. The standard InChI is InChI=1S/C23H18F3N5O2/c1-14(32)31-13-20(21(29-31)15-6-4-3-5-7-15)27-22(33)16-8-9-18(23(24,25)26)17(12-16)19-10-11-30(2)28-19/h3-13H,1-2H3,(H,27,33). The largest absolute Gasteiger partial charge is 0.417 e. The molecule has 4 rings (SSSR count). The summed E-state index contributed by atoms with van der Waals surface area (Å²) in [5.74, 6) is -1.01. The number of alkyl halides is 3. The summed E-state index contributed by atoms with van der Waals surface area (Å²) in [6, 6.07) is 13.4. The number of carbonyl (C=O) groups excluding carboxylic acids is 2. The first-order chi connectivity index (χ1) is 15.6. The highest BCUT2D eigenvalue weighted by Gasteiger charge is 2.34. The average Bonchev–Trinajstić information content (AvgIpc) is 3.40. The zero-order valence-electron chi connectivity index (χ0n) is 17.6. The molecule has 1 N–H and O–H groups in total.